The Bertz CT molecular complexity index is 940. The molecule has 1 aromatic carbocycles. The molecule has 28 heavy (non-hydrogen) atoms. The van der Waals surface area contributed by atoms with Crippen LogP contribution in [0.2, 0.25) is 0 Å². The number of hydrogen-bond acceptors (Lipinski definition) is 6. The van der Waals surface area contributed by atoms with Crippen LogP contribution >= 0.6 is 0 Å². The fourth-order valence-corrected chi connectivity index (χ4v) is 3.50. The molecule has 1 fully saturated rings. The molecule has 0 aliphatic carbocycles. The topological polar surface area (TPSA) is 84.4 Å². The highest BCUT2D eigenvalue weighted by Gasteiger charge is 2.26. The number of piperidine rings is 1. The molecule has 7 nitrogen and oxygen atoms in total. The number of carbonyl (C=O) groups excluding carboxylic acids is 1. The van der Waals surface area contributed by atoms with Crippen molar-refractivity contribution in [3.63, 3.8) is 0 Å². The van der Waals surface area contributed by atoms with Gasteiger partial charge in [-0.15, -0.1) is 10.2 Å². The van der Waals surface area contributed by atoms with Gasteiger partial charge in [0, 0.05) is 11.6 Å². The van der Waals surface area contributed by atoms with Crippen LogP contribution in [0.4, 0.5) is 5.69 Å². The summed E-state index contributed by atoms with van der Waals surface area (Å²) in [5.74, 6) is 1.88. The average molecular weight is 380 g/mol. The molecule has 1 aliphatic heterocycles. The number of benzene rings is 1. The van der Waals surface area contributed by atoms with E-state index in [-0.39, 0.29) is 11.8 Å². The zero-order valence-corrected chi connectivity index (χ0v) is 16.1. The van der Waals surface area contributed by atoms with E-state index in [4.69, 9.17) is 8.83 Å². The Morgan fingerprint density at radius 2 is 2.04 bits per heavy atom. The summed E-state index contributed by atoms with van der Waals surface area (Å²) < 4.78 is 11.1. The lowest BCUT2D eigenvalue weighted by molar-refractivity contribution is -0.117. The molecule has 3 heterocycles. The summed E-state index contributed by atoms with van der Waals surface area (Å²) in [4.78, 5) is 14.6. The number of carbonyl (C=O) groups is 1. The van der Waals surface area contributed by atoms with Gasteiger partial charge in [-0.2, -0.15) is 0 Å². The van der Waals surface area contributed by atoms with Crippen molar-refractivity contribution in [1.29, 1.82) is 0 Å². The van der Waals surface area contributed by atoms with E-state index in [0.717, 1.165) is 42.7 Å². The molecule has 0 saturated carbocycles. The van der Waals surface area contributed by atoms with Gasteiger partial charge in [-0.05, 0) is 69.1 Å². The third-order valence-electron chi connectivity index (χ3n) is 5.14. The number of likely N-dealkylation sites (tertiary alicyclic amines) is 1. The highest BCUT2D eigenvalue weighted by molar-refractivity contribution is 5.93. The van der Waals surface area contributed by atoms with E-state index in [9.17, 15) is 4.79 Å². The first kappa shape index (κ1) is 18.4. The van der Waals surface area contributed by atoms with Gasteiger partial charge < -0.3 is 14.2 Å². The van der Waals surface area contributed by atoms with Crippen molar-refractivity contribution in [3.8, 4) is 11.7 Å². The Morgan fingerprint density at radius 3 is 2.79 bits per heavy atom. The highest BCUT2D eigenvalue weighted by Crippen LogP contribution is 2.29. The summed E-state index contributed by atoms with van der Waals surface area (Å²) in [6, 6.07) is 9.67. The molecule has 0 spiro atoms. The van der Waals surface area contributed by atoms with Crippen LogP contribution in [0.3, 0.4) is 0 Å². The Labute approximate surface area is 163 Å². The van der Waals surface area contributed by atoms with Gasteiger partial charge in [-0.3, -0.25) is 9.69 Å². The van der Waals surface area contributed by atoms with Gasteiger partial charge in [-0.25, -0.2) is 0 Å². The normalized spacial score (nSPS) is 15.6. The molecule has 0 atom stereocenters. The molecule has 4 rings (SSSR count). The Kier molecular flexibility index (Phi) is 5.25. The van der Waals surface area contributed by atoms with Crippen LogP contribution in [-0.4, -0.2) is 40.6 Å². The van der Waals surface area contributed by atoms with Crippen molar-refractivity contribution in [2.75, 3.05) is 25.0 Å². The summed E-state index contributed by atoms with van der Waals surface area (Å²) in [6.07, 6.45) is 3.36. The minimum absolute atomic E-state index is 0.0186. The molecular weight excluding hydrogens is 356 g/mol. The molecule has 1 amide bonds. The summed E-state index contributed by atoms with van der Waals surface area (Å²) >= 11 is 0. The van der Waals surface area contributed by atoms with Crippen molar-refractivity contribution < 1.29 is 13.6 Å². The third-order valence-corrected chi connectivity index (χ3v) is 5.14. The van der Waals surface area contributed by atoms with Gasteiger partial charge in [0.25, 0.3) is 5.89 Å². The first-order chi connectivity index (χ1) is 13.6. The zero-order chi connectivity index (χ0) is 19.5. The fraction of sp³-hybridized carbons (Fsp3) is 0.381. The fourth-order valence-electron chi connectivity index (χ4n) is 3.50. The van der Waals surface area contributed by atoms with E-state index >= 15 is 0 Å². The van der Waals surface area contributed by atoms with Crippen LogP contribution in [0.5, 0.6) is 0 Å². The number of aromatic nitrogens is 2. The summed E-state index contributed by atoms with van der Waals surface area (Å²) in [5.41, 5.74) is 3.09. The monoisotopic (exact) mass is 380 g/mol. The van der Waals surface area contributed by atoms with Crippen LogP contribution < -0.4 is 5.32 Å². The SMILES string of the molecule is Cc1ccc(C)c(NC(=O)CN2CCC(c3nnc(-c4ccco4)o3)CC2)c1. The highest BCUT2D eigenvalue weighted by atomic mass is 16.4. The quantitative estimate of drug-likeness (QED) is 0.725. The molecule has 1 saturated heterocycles. The molecule has 0 radical (unpaired) electrons. The number of aryl methyl sites for hydroxylation is 2. The summed E-state index contributed by atoms with van der Waals surface area (Å²) in [7, 11) is 0. The second kappa shape index (κ2) is 7.98. The number of nitrogens with zero attached hydrogens (tertiary/aromatic N) is 3. The van der Waals surface area contributed by atoms with Gasteiger partial charge >= 0.3 is 0 Å². The summed E-state index contributed by atoms with van der Waals surface area (Å²) in [6.45, 7) is 6.06. The molecule has 1 aliphatic rings. The van der Waals surface area contributed by atoms with Crippen molar-refractivity contribution in [2.24, 2.45) is 0 Å². The van der Waals surface area contributed by atoms with Crippen LogP contribution in [-0.2, 0) is 4.79 Å². The molecule has 7 heteroatoms. The minimum atomic E-state index is 0.0186. The van der Waals surface area contributed by atoms with E-state index in [2.05, 4.69) is 20.4 Å². The lowest BCUT2D eigenvalue weighted by Gasteiger charge is -2.29. The zero-order valence-electron chi connectivity index (χ0n) is 16.1. The standard InChI is InChI=1S/C21H24N4O3/c1-14-5-6-15(2)17(12-14)22-19(26)13-25-9-7-16(8-10-25)20-23-24-21(28-20)18-4-3-11-27-18/h3-6,11-12,16H,7-10,13H2,1-2H3,(H,22,26). The minimum Gasteiger partial charge on any atom is -0.459 e. The molecular formula is C21H24N4O3. The van der Waals surface area contributed by atoms with Crippen molar-refractivity contribution in [1.82, 2.24) is 15.1 Å². The number of anilines is 1. The van der Waals surface area contributed by atoms with E-state index in [0.29, 0.717) is 24.1 Å². The van der Waals surface area contributed by atoms with Crippen LogP contribution in [0, 0.1) is 13.8 Å². The maximum Gasteiger partial charge on any atom is 0.283 e. The molecule has 146 valence electrons. The maximum atomic E-state index is 12.4. The number of furan rings is 1. The Balaban J connectivity index is 1.29. The predicted molar refractivity (Wildman–Crippen MR) is 105 cm³/mol. The molecule has 3 aromatic rings. The number of amides is 1. The second-order valence-corrected chi connectivity index (χ2v) is 7.34. The largest absolute Gasteiger partial charge is 0.459 e. The van der Waals surface area contributed by atoms with Gasteiger partial charge in [0.15, 0.2) is 5.76 Å². The van der Waals surface area contributed by atoms with E-state index < -0.39 is 0 Å². The predicted octanol–water partition coefficient (Wildman–Crippen LogP) is 3.76. The smallest absolute Gasteiger partial charge is 0.283 e. The lowest BCUT2D eigenvalue weighted by Crippen LogP contribution is -2.38. The first-order valence-electron chi connectivity index (χ1n) is 9.55. The maximum absolute atomic E-state index is 12.4. The Morgan fingerprint density at radius 1 is 1.21 bits per heavy atom. The summed E-state index contributed by atoms with van der Waals surface area (Å²) in [5, 5.41) is 11.3. The van der Waals surface area contributed by atoms with Crippen molar-refractivity contribution >= 4 is 11.6 Å². The van der Waals surface area contributed by atoms with E-state index in [1.54, 1.807) is 18.4 Å². The second-order valence-electron chi connectivity index (χ2n) is 7.34. The Hall–Kier alpha value is -2.93. The lowest BCUT2D eigenvalue weighted by atomic mass is 9.97. The van der Waals surface area contributed by atoms with Gasteiger partial charge in [0.05, 0.1) is 12.8 Å². The van der Waals surface area contributed by atoms with Crippen LogP contribution in [0.1, 0.15) is 35.8 Å². The molecule has 0 bridgehead atoms. The van der Waals surface area contributed by atoms with Crippen molar-refractivity contribution in [2.45, 2.75) is 32.6 Å². The number of nitrogens with one attached hydrogen (secondary N) is 1. The van der Waals surface area contributed by atoms with E-state index in [1.165, 1.54) is 0 Å². The number of hydrogen-bond donors (Lipinski definition) is 1. The van der Waals surface area contributed by atoms with E-state index in [1.807, 2.05) is 32.0 Å². The van der Waals surface area contributed by atoms with Gasteiger partial charge in [-0.1, -0.05) is 12.1 Å². The van der Waals surface area contributed by atoms with Crippen LogP contribution in [0.15, 0.2) is 45.4 Å². The molecule has 0 unspecified atom stereocenters. The first-order valence-corrected chi connectivity index (χ1v) is 9.55. The van der Waals surface area contributed by atoms with Crippen LogP contribution in [0.25, 0.3) is 11.7 Å². The average Bonchev–Trinajstić information content (AvgIpc) is 3.37. The van der Waals surface area contributed by atoms with Gasteiger partial charge in [0.1, 0.15) is 0 Å². The van der Waals surface area contributed by atoms with Crippen molar-refractivity contribution in [3.05, 3.63) is 53.6 Å². The molecule has 2 aromatic heterocycles. The number of rotatable bonds is 5. The van der Waals surface area contributed by atoms with Gasteiger partial charge in [0.2, 0.25) is 11.8 Å². The third kappa shape index (κ3) is 4.14. The molecule has 1 N–H and O–H groups in total.